The fraction of sp³-hybridized carbons (Fsp3) is 1.00. The molecular weight excluding hydrogens is 174 g/mol. The quantitative estimate of drug-likeness (QED) is 0.691. The summed E-state index contributed by atoms with van der Waals surface area (Å²) in [6, 6.07) is 0. The zero-order valence-electron chi connectivity index (χ0n) is 9.72. The van der Waals surface area contributed by atoms with E-state index in [1.54, 1.807) is 0 Å². The summed E-state index contributed by atoms with van der Waals surface area (Å²) in [5.41, 5.74) is 6.31. The maximum Gasteiger partial charge on any atom is 0.0471 e. The average Bonchev–Trinajstić information content (AvgIpc) is 2.22. The van der Waals surface area contributed by atoms with E-state index in [1.807, 2.05) is 0 Å². The van der Waals surface area contributed by atoms with E-state index in [9.17, 15) is 0 Å². The van der Waals surface area contributed by atoms with Crippen molar-refractivity contribution < 1.29 is 4.74 Å². The summed E-state index contributed by atoms with van der Waals surface area (Å²) in [4.78, 5) is 0. The molecule has 0 atom stereocenters. The minimum atomic E-state index is 0.404. The van der Waals surface area contributed by atoms with Crippen LogP contribution in [0.5, 0.6) is 0 Å². The topological polar surface area (TPSA) is 35.2 Å². The molecular formula is C12H25NO. The van der Waals surface area contributed by atoms with E-state index in [2.05, 4.69) is 13.8 Å². The summed E-state index contributed by atoms with van der Waals surface area (Å²) in [6.07, 6.45) is 6.46. The highest BCUT2D eigenvalue weighted by molar-refractivity contribution is 4.85. The van der Waals surface area contributed by atoms with Gasteiger partial charge in [0.15, 0.2) is 0 Å². The van der Waals surface area contributed by atoms with Crippen molar-refractivity contribution in [3.05, 3.63) is 0 Å². The third kappa shape index (κ3) is 3.25. The Morgan fingerprint density at radius 3 is 2.50 bits per heavy atom. The molecule has 1 fully saturated rings. The molecule has 0 aromatic carbocycles. The van der Waals surface area contributed by atoms with Gasteiger partial charge in [0.05, 0.1) is 0 Å². The molecule has 0 saturated heterocycles. The van der Waals surface area contributed by atoms with Crippen molar-refractivity contribution >= 4 is 0 Å². The van der Waals surface area contributed by atoms with Crippen LogP contribution in [-0.4, -0.2) is 19.8 Å². The van der Waals surface area contributed by atoms with Gasteiger partial charge >= 0.3 is 0 Å². The van der Waals surface area contributed by atoms with Crippen molar-refractivity contribution in [1.82, 2.24) is 0 Å². The Kier molecular flexibility index (Phi) is 4.90. The minimum absolute atomic E-state index is 0.404. The first-order valence-electron chi connectivity index (χ1n) is 6.00. The van der Waals surface area contributed by atoms with Crippen molar-refractivity contribution in [2.45, 2.75) is 46.0 Å². The first kappa shape index (κ1) is 12.0. The molecule has 0 unspecified atom stereocenters. The van der Waals surface area contributed by atoms with Gasteiger partial charge in [-0.1, -0.05) is 19.8 Å². The first-order valence-corrected chi connectivity index (χ1v) is 6.00. The molecule has 1 aliphatic carbocycles. The van der Waals surface area contributed by atoms with Gasteiger partial charge in [-0.3, -0.25) is 0 Å². The predicted molar refractivity (Wildman–Crippen MR) is 60.2 cm³/mol. The summed E-state index contributed by atoms with van der Waals surface area (Å²) in [7, 11) is 0. The smallest absolute Gasteiger partial charge is 0.0471 e. The predicted octanol–water partition coefficient (Wildman–Crippen LogP) is 2.57. The maximum atomic E-state index is 5.91. The number of hydrogen-bond acceptors (Lipinski definition) is 2. The second-order valence-electron chi connectivity index (χ2n) is 4.83. The van der Waals surface area contributed by atoms with Crippen LogP contribution >= 0.6 is 0 Å². The molecule has 0 aliphatic heterocycles. The summed E-state index contributed by atoms with van der Waals surface area (Å²) >= 11 is 0. The Hall–Kier alpha value is -0.0800. The third-order valence-corrected chi connectivity index (χ3v) is 3.75. The molecule has 84 valence electrons. The van der Waals surface area contributed by atoms with Crippen LogP contribution in [0.4, 0.5) is 0 Å². The molecule has 1 saturated carbocycles. The Bertz CT molecular complexity index is 150. The van der Waals surface area contributed by atoms with Crippen LogP contribution in [-0.2, 0) is 4.74 Å². The van der Waals surface area contributed by atoms with E-state index in [0.29, 0.717) is 5.41 Å². The Morgan fingerprint density at radius 1 is 1.36 bits per heavy atom. The molecule has 0 radical (unpaired) electrons. The lowest BCUT2D eigenvalue weighted by atomic mass is 9.69. The third-order valence-electron chi connectivity index (χ3n) is 3.75. The van der Waals surface area contributed by atoms with Crippen LogP contribution in [0.15, 0.2) is 0 Å². The molecule has 0 heterocycles. The van der Waals surface area contributed by atoms with Crippen molar-refractivity contribution in [1.29, 1.82) is 0 Å². The van der Waals surface area contributed by atoms with Gasteiger partial charge in [-0.2, -0.15) is 0 Å². The number of ether oxygens (including phenoxy) is 1. The normalized spacial score (nSPS) is 33.2. The summed E-state index contributed by atoms with van der Waals surface area (Å²) in [6.45, 7) is 6.97. The molecule has 2 N–H and O–H groups in total. The highest BCUT2D eigenvalue weighted by Crippen LogP contribution is 2.40. The van der Waals surface area contributed by atoms with Crippen molar-refractivity contribution in [3.63, 3.8) is 0 Å². The fourth-order valence-corrected chi connectivity index (χ4v) is 2.36. The SMILES string of the molecule is CCOCCC1(CN)CCC(C)CC1. The molecule has 0 bridgehead atoms. The van der Waals surface area contributed by atoms with Gasteiger partial charge in [0.2, 0.25) is 0 Å². The second-order valence-corrected chi connectivity index (χ2v) is 4.83. The van der Waals surface area contributed by atoms with E-state index in [-0.39, 0.29) is 0 Å². The number of rotatable bonds is 5. The number of hydrogen-bond donors (Lipinski definition) is 1. The van der Waals surface area contributed by atoms with Crippen molar-refractivity contribution in [2.75, 3.05) is 19.8 Å². The second kappa shape index (κ2) is 5.72. The van der Waals surface area contributed by atoms with Crippen LogP contribution in [0, 0.1) is 11.3 Å². The summed E-state index contributed by atoms with van der Waals surface area (Å²) in [5.74, 6) is 0.904. The number of nitrogens with two attached hydrogens (primary N) is 1. The zero-order valence-corrected chi connectivity index (χ0v) is 9.72. The van der Waals surface area contributed by atoms with Gasteiger partial charge in [-0.25, -0.2) is 0 Å². The highest BCUT2D eigenvalue weighted by atomic mass is 16.5. The van der Waals surface area contributed by atoms with Crippen molar-refractivity contribution in [2.24, 2.45) is 17.1 Å². The van der Waals surface area contributed by atoms with Crippen LogP contribution in [0.3, 0.4) is 0 Å². The molecule has 0 aromatic heterocycles. The molecule has 1 aliphatic rings. The molecule has 0 amide bonds. The first-order chi connectivity index (χ1) is 6.72. The van der Waals surface area contributed by atoms with Gasteiger partial charge in [0.1, 0.15) is 0 Å². The zero-order chi connectivity index (χ0) is 10.4. The molecule has 1 rings (SSSR count). The fourth-order valence-electron chi connectivity index (χ4n) is 2.36. The Labute approximate surface area is 88.2 Å². The lowest BCUT2D eigenvalue weighted by Crippen LogP contribution is -2.35. The van der Waals surface area contributed by atoms with Gasteiger partial charge in [0.25, 0.3) is 0 Å². The van der Waals surface area contributed by atoms with Gasteiger partial charge in [0, 0.05) is 13.2 Å². The van der Waals surface area contributed by atoms with Crippen LogP contribution in [0.25, 0.3) is 0 Å². The monoisotopic (exact) mass is 199 g/mol. The maximum absolute atomic E-state index is 5.91. The van der Waals surface area contributed by atoms with Gasteiger partial charge in [-0.05, 0) is 44.1 Å². The van der Waals surface area contributed by atoms with E-state index < -0.39 is 0 Å². The minimum Gasteiger partial charge on any atom is -0.382 e. The molecule has 14 heavy (non-hydrogen) atoms. The summed E-state index contributed by atoms with van der Waals surface area (Å²) in [5, 5.41) is 0. The van der Waals surface area contributed by atoms with E-state index >= 15 is 0 Å². The lowest BCUT2D eigenvalue weighted by molar-refractivity contribution is 0.0753. The Balaban J connectivity index is 2.34. The largest absolute Gasteiger partial charge is 0.382 e. The van der Waals surface area contributed by atoms with Crippen LogP contribution < -0.4 is 5.73 Å². The lowest BCUT2D eigenvalue weighted by Gasteiger charge is -2.38. The molecule has 2 heteroatoms. The van der Waals surface area contributed by atoms with Crippen molar-refractivity contribution in [3.8, 4) is 0 Å². The van der Waals surface area contributed by atoms with E-state index in [1.165, 1.54) is 25.7 Å². The molecule has 0 aromatic rings. The van der Waals surface area contributed by atoms with Crippen LogP contribution in [0.2, 0.25) is 0 Å². The van der Waals surface area contributed by atoms with E-state index in [4.69, 9.17) is 10.5 Å². The van der Waals surface area contributed by atoms with Crippen LogP contribution in [0.1, 0.15) is 46.0 Å². The van der Waals surface area contributed by atoms with Gasteiger partial charge in [-0.15, -0.1) is 0 Å². The molecule has 2 nitrogen and oxygen atoms in total. The standard InChI is InChI=1S/C12H25NO/c1-3-14-9-8-12(10-13)6-4-11(2)5-7-12/h11H,3-10,13H2,1-2H3. The molecule has 0 spiro atoms. The summed E-state index contributed by atoms with van der Waals surface area (Å²) < 4.78 is 5.43. The highest BCUT2D eigenvalue weighted by Gasteiger charge is 2.32. The average molecular weight is 199 g/mol. The Morgan fingerprint density at radius 2 is 2.00 bits per heavy atom. The van der Waals surface area contributed by atoms with Gasteiger partial charge < -0.3 is 10.5 Å². The van der Waals surface area contributed by atoms with E-state index in [0.717, 1.165) is 32.1 Å².